The normalized spacial score (nSPS) is 16.5. The lowest BCUT2D eigenvalue weighted by Crippen LogP contribution is -2.47. The van der Waals surface area contributed by atoms with E-state index in [1.54, 1.807) is 11.0 Å². The molecule has 1 aliphatic heterocycles. The highest BCUT2D eigenvalue weighted by atomic mass is 79.9. The molecule has 0 saturated carbocycles. The van der Waals surface area contributed by atoms with E-state index in [-0.39, 0.29) is 18.6 Å². The average Bonchev–Trinajstić information content (AvgIpc) is 2.73. The van der Waals surface area contributed by atoms with E-state index in [1.165, 1.54) is 19.5 Å². The molecule has 7 nitrogen and oxygen atoms in total. The molecular weight excluding hydrogens is 428 g/mol. The summed E-state index contributed by atoms with van der Waals surface area (Å²) in [6.45, 7) is 3.55. The number of amides is 1. The maximum atomic E-state index is 12.9. The molecule has 3 rings (SSSR count). The molecule has 2 heterocycles. The summed E-state index contributed by atoms with van der Waals surface area (Å²) in [5.74, 6) is -0.0627. The predicted molar refractivity (Wildman–Crippen MR) is 106 cm³/mol. The number of morpholine rings is 1. The number of pyridine rings is 1. The number of methoxy groups -OCH3 is 1. The zero-order valence-electron chi connectivity index (χ0n) is 15.7. The van der Waals surface area contributed by atoms with Gasteiger partial charge >= 0.3 is 5.97 Å². The summed E-state index contributed by atoms with van der Waals surface area (Å²) < 4.78 is 17.0. The maximum absolute atomic E-state index is 12.9. The van der Waals surface area contributed by atoms with Crippen LogP contribution >= 0.6 is 15.9 Å². The molecule has 1 fully saturated rings. The molecule has 2 aromatic rings. The van der Waals surface area contributed by atoms with Crippen molar-refractivity contribution in [2.75, 3.05) is 33.4 Å². The van der Waals surface area contributed by atoms with Crippen LogP contribution in [0.25, 0.3) is 0 Å². The Balaban J connectivity index is 1.62. The topological polar surface area (TPSA) is 78.0 Å². The Bertz CT molecular complexity index is 873. The number of esters is 1. The van der Waals surface area contributed by atoms with Gasteiger partial charge in [-0.15, -0.1) is 0 Å². The smallest absolute Gasteiger partial charge is 0.339 e. The zero-order valence-corrected chi connectivity index (χ0v) is 17.3. The first-order valence-corrected chi connectivity index (χ1v) is 9.61. The molecule has 1 aromatic carbocycles. The van der Waals surface area contributed by atoms with E-state index in [0.29, 0.717) is 36.6 Å². The van der Waals surface area contributed by atoms with Crippen molar-refractivity contribution in [2.24, 2.45) is 0 Å². The van der Waals surface area contributed by atoms with Gasteiger partial charge in [0, 0.05) is 22.8 Å². The van der Waals surface area contributed by atoms with Crippen molar-refractivity contribution in [2.45, 2.75) is 13.0 Å². The number of halogens is 1. The summed E-state index contributed by atoms with van der Waals surface area (Å²) in [5.41, 5.74) is 1.90. The van der Waals surface area contributed by atoms with Gasteiger partial charge in [-0.1, -0.05) is 22.0 Å². The fraction of sp³-hybridized carbons (Fsp3) is 0.350. The Kier molecular flexibility index (Phi) is 6.64. The quantitative estimate of drug-likeness (QED) is 0.654. The minimum Gasteiger partial charge on any atom is -0.489 e. The molecule has 1 unspecified atom stereocenters. The lowest BCUT2D eigenvalue weighted by atomic mass is 10.1. The SMILES string of the molecule is COC(=O)c1cncc(OCC2CN(C(=O)c3cccc(Br)c3C)CCO2)c1. The summed E-state index contributed by atoms with van der Waals surface area (Å²) in [4.78, 5) is 30.2. The van der Waals surface area contributed by atoms with E-state index in [4.69, 9.17) is 9.47 Å². The van der Waals surface area contributed by atoms with Crippen molar-refractivity contribution in [1.82, 2.24) is 9.88 Å². The summed E-state index contributed by atoms with van der Waals surface area (Å²) in [6.07, 6.45) is 2.66. The van der Waals surface area contributed by atoms with Gasteiger partial charge in [0.1, 0.15) is 18.5 Å². The van der Waals surface area contributed by atoms with E-state index < -0.39 is 5.97 Å². The second-order valence-corrected chi connectivity index (χ2v) is 7.22. The molecule has 0 bridgehead atoms. The standard InChI is InChI=1S/C20H21BrN2O5/c1-13-17(4-3-5-18(13)21)19(24)23-6-7-27-16(11-23)12-28-15-8-14(9-22-10-15)20(25)26-2/h3-5,8-10,16H,6-7,11-12H2,1-2H3. The highest BCUT2D eigenvalue weighted by Gasteiger charge is 2.26. The van der Waals surface area contributed by atoms with Gasteiger partial charge in [0.15, 0.2) is 0 Å². The van der Waals surface area contributed by atoms with E-state index in [1.807, 2.05) is 25.1 Å². The minimum absolute atomic E-state index is 0.0264. The van der Waals surface area contributed by atoms with Gasteiger partial charge in [0.25, 0.3) is 5.91 Å². The van der Waals surface area contributed by atoms with Crippen LogP contribution in [0.1, 0.15) is 26.3 Å². The first kappa shape index (κ1) is 20.3. The van der Waals surface area contributed by atoms with Crippen LogP contribution in [0.4, 0.5) is 0 Å². The number of rotatable bonds is 5. The fourth-order valence-corrected chi connectivity index (χ4v) is 3.30. The second kappa shape index (κ2) is 9.16. The Morgan fingerprint density at radius 3 is 2.96 bits per heavy atom. The maximum Gasteiger partial charge on any atom is 0.339 e. The van der Waals surface area contributed by atoms with Crippen molar-refractivity contribution in [1.29, 1.82) is 0 Å². The third-order valence-electron chi connectivity index (χ3n) is 4.49. The average molecular weight is 449 g/mol. The van der Waals surface area contributed by atoms with Crippen molar-refractivity contribution >= 4 is 27.8 Å². The second-order valence-electron chi connectivity index (χ2n) is 6.37. The van der Waals surface area contributed by atoms with Crippen molar-refractivity contribution < 1.29 is 23.8 Å². The van der Waals surface area contributed by atoms with Gasteiger partial charge in [0.05, 0.1) is 32.0 Å². The first-order chi connectivity index (χ1) is 13.5. The molecule has 28 heavy (non-hydrogen) atoms. The van der Waals surface area contributed by atoms with Crippen molar-refractivity contribution in [3.8, 4) is 5.75 Å². The van der Waals surface area contributed by atoms with E-state index in [9.17, 15) is 9.59 Å². The van der Waals surface area contributed by atoms with Crippen LogP contribution in [-0.2, 0) is 9.47 Å². The predicted octanol–water partition coefficient (Wildman–Crippen LogP) is 2.86. The van der Waals surface area contributed by atoms with Crippen molar-refractivity contribution in [3.63, 3.8) is 0 Å². The molecule has 148 valence electrons. The third kappa shape index (κ3) is 4.69. The molecule has 0 radical (unpaired) electrons. The van der Waals surface area contributed by atoms with Crippen LogP contribution in [0.2, 0.25) is 0 Å². The molecule has 1 amide bonds. The highest BCUT2D eigenvalue weighted by Crippen LogP contribution is 2.22. The van der Waals surface area contributed by atoms with Crippen LogP contribution in [0.15, 0.2) is 41.1 Å². The highest BCUT2D eigenvalue weighted by molar-refractivity contribution is 9.10. The number of ether oxygens (including phenoxy) is 3. The molecule has 1 aromatic heterocycles. The number of hydrogen-bond donors (Lipinski definition) is 0. The lowest BCUT2D eigenvalue weighted by Gasteiger charge is -2.33. The Hall–Kier alpha value is -2.45. The van der Waals surface area contributed by atoms with Crippen molar-refractivity contribution in [3.05, 3.63) is 57.8 Å². The Morgan fingerprint density at radius 2 is 2.18 bits per heavy atom. The largest absolute Gasteiger partial charge is 0.489 e. The number of carbonyl (C=O) groups is 2. The van der Waals surface area contributed by atoms with Gasteiger partial charge < -0.3 is 19.1 Å². The van der Waals surface area contributed by atoms with E-state index >= 15 is 0 Å². The summed E-state index contributed by atoms with van der Waals surface area (Å²) in [7, 11) is 1.31. The van der Waals surface area contributed by atoms with E-state index in [0.717, 1.165) is 10.0 Å². The van der Waals surface area contributed by atoms with Crippen LogP contribution in [0, 0.1) is 6.92 Å². The lowest BCUT2D eigenvalue weighted by molar-refractivity contribution is -0.0402. The summed E-state index contributed by atoms with van der Waals surface area (Å²) >= 11 is 3.47. The molecule has 1 saturated heterocycles. The van der Waals surface area contributed by atoms with Gasteiger partial charge in [-0.2, -0.15) is 0 Å². The first-order valence-electron chi connectivity index (χ1n) is 8.81. The molecular formula is C20H21BrN2O5. The number of nitrogens with zero attached hydrogens (tertiary/aromatic N) is 2. The zero-order chi connectivity index (χ0) is 20.1. The summed E-state index contributed by atoms with van der Waals surface area (Å²) in [5, 5.41) is 0. The Morgan fingerprint density at radius 1 is 1.36 bits per heavy atom. The third-order valence-corrected chi connectivity index (χ3v) is 5.35. The van der Waals surface area contributed by atoms with Crippen LogP contribution in [-0.4, -0.2) is 61.3 Å². The monoisotopic (exact) mass is 448 g/mol. The number of benzene rings is 1. The van der Waals surface area contributed by atoms with Gasteiger partial charge in [-0.05, 0) is 30.7 Å². The van der Waals surface area contributed by atoms with Crippen LogP contribution in [0.5, 0.6) is 5.75 Å². The molecule has 8 heteroatoms. The van der Waals surface area contributed by atoms with Gasteiger partial charge in [0.2, 0.25) is 0 Å². The molecule has 1 aliphatic rings. The van der Waals surface area contributed by atoms with Crippen LogP contribution < -0.4 is 4.74 Å². The van der Waals surface area contributed by atoms with Crippen LogP contribution in [0.3, 0.4) is 0 Å². The van der Waals surface area contributed by atoms with Gasteiger partial charge in [-0.25, -0.2) is 4.79 Å². The van der Waals surface area contributed by atoms with Gasteiger partial charge in [-0.3, -0.25) is 9.78 Å². The molecule has 1 atom stereocenters. The molecule has 0 aliphatic carbocycles. The fourth-order valence-electron chi connectivity index (χ4n) is 2.93. The molecule has 0 N–H and O–H groups in total. The number of aromatic nitrogens is 1. The Labute approximate surface area is 171 Å². The number of carbonyl (C=O) groups excluding carboxylic acids is 2. The van der Waals surface area contributed by atoms with E-state index in [2.05, 4.69) is 25.7 Å². The molecule has 0 spiro atoms. The number of hydrogen-bond acceptors (Lipinski definition) is 6. The summed E-state index contributed by atoms with van der Waals surface area (Å²) in [6, 6.07) is 7.16. The minimum atomic E-state index is -0.479.